The molecule has 0 saturated heterocycles. The second kappa shape index (κ2) is 8.91. The Balaban J connectivity index is 1.76. The van der Waals surface area contributed by atoms with Crippen LogP contribution in [0.25, 0.3) is 5.57 Å². The van der Waals surface area contributed by atoms with Crippen molar-refractivity contribution in [3.05, 3.63) is 76.9 Å². The topological polar surface area (TPSA) is 0 Å². The van der Waals surface area contributed by atoms with E-state index in [0.717, 1.165) is 11.8 Å². The summed E-state index contributed by atoms with van der Waals surface area (Å²) in [6.45, 7) is 2.19. The highest BCUT2D eigenvalue weighted by Gasteiger charge is 2.25. The van der Waals surface area contributed by atoms with Crippen molar-refractivity contribution in [3.63, 3.8) is 0 Å². The monoisotopic (exact) mass is 358 g/mol. The summed E-state index contributed by atoms with van der Waals surface area (Å²) in [5, 5.41) is 0. The second-order valence-electron chi connectivity index (χ2n) is 8.80. The lowest BCUT2D eigenvalue weighted by Crippen LogP contribution is -2.07. The molecule has 2 aromatic carbocycles. The van der Waals surface area contributed by atoms with E-state index in [2.05, 4.69) is 61.5 Å². The molecular formula is C27H34. The van der Waals surface area contributed by atoms with Crippen LogP contribution < -0.4 is 0 Å². The van der Waals surface area contributed by atoms with Gasteiger partial charge in [0.05, 0.1) is 0 Å². The van der Waals surface area contributed by atoms with Crippen LogP contribution in [-0.2, 0) is 0 Å². The Morgan fingerprint density at radius 3 is 2.00 bits per heavy atom. The van der Waals surface area contributed by atoms with Gasteiger partial charge in [-0.15, -0.1) is 0 Å². The molecule has 2 aliphatic rings. The van der Waals surface area contributed by atoms with E-state index in [4.69, 9.17) is 0 Å². The lowest BCUT2D eigenvalue weighted by atomic mass is 9.82. The van der Waals surface area contributed by atoms with Crippen molar-refractivity contribution in [1.82, 2.24) is 0 Å². The fourth-order valence-corrected chi connectivity index (χ4v) is 5.33. The maximum atomic E-state index is 2.35. The molecule has 0 unspecified atom stereocenters. The summed E-state index contributed by atoms with van der Waals surface area (Å²) in [5.41, 5.74) is 7.48. The standard InChI is InChI=1S/C27H34/c1-21-15-18-25(19-16-21)27(24-13-3-2-4-14-24)26(23-11-7-8-12-23)20-17-22-9-5-6-10-22/h2-4,13-16,18-19,22-23H,5-12,17,20H2,1H3. The molecule has 0 nitrogen and oxygen atoms in total. The van der Waals surface area contributed by atoms with E-state index in [1.807, 2.05) is 0 Å². The lowest BCUT2D eigenvalue weighted by Gasteiger charge is -2.23. The molecule has 0 aliphatic heterocycles. The largest absolute Gasteiger partial charge is 0.0622 e. The molecule has 0 spiro atoms. The second-order valence-corrected chi connectivity index (χ2v) is 8.80. The summed E-state index contributed by atoms with van der Waals surface area (Å²) in [7, 11) is 0. The smallest absolute Gasteiger partial charge is 0.0117 e. The summed E-state index contributed by atoms with van der Waals surface area (Å²) in [5.74, 6) is 1.76. The van der Waals surface area contributed by atoms with Gasteiger partial charge in [0, 0.05) is 0 Å². The zero-order valence-electron chi connectivity index (χ0n) is 16.9. The van der Waals surface area contributed by atoms with E-state index >= 15 is 0 Å². The average Bonchev–Trinajstić information content (AvgIpc) is 3.41. The van der Waals surface area contributed by atoms with E-state index < -0.39 is 0 Å². The van der Waals surface area contributed by atoms with Crippen LogP contribution in [0.1, 0.15) is 80.9 Å². The molecule has 0 heterocycles. The van der Waals surface area contributed by atoms with E-state index in [1.165, 1.54) is 80.9 Å². The molecule has 0 N–H and O–H groups in total. The summed E-state index contributed by atoms with van der Waals surface area (Å²) >= 11 is 0. The van der Waals surface area contributed by atoms with Crippen molar-refractivity contribution >= 4 is 5.57 Å². The third kappa shape index (κ3) is 4.54. The van der Waals surface area contributed by atoms with Gasteiger partial charge in [0.1, 0.15) is 0 Å². The minimum absolute atomic E-state index is 0.794. The fourth-order valence-electron chi connectivity index (χ4n) is 5.33. The molecule has 2 fully saturated rings. The zero-order chi connectivity index (χ0) is 18.5. The first-order valence-corrected chi connectivity index (χ1v) is 11.2. The number of aryl methyl sites for hydroxylation is 1. The van der Waals surface area contributed by atoms with Gasteiger partial charge in [-0.05, 0) is 61.1 Å². The Kier molecular flexibility index (Phi) is 6.12. The first-order valence-electron chi connectivity index (χ1n) is 11.2. The molecular weight excluding hydrogens is 324 g/mol. The van der Waals surface area contributed by atoms with Crippen LogP contribution in [0.5, 0.6) is 0 Å². The quantitative estimate of drug-likeness (QED) is 0.491. The molecule has 2 saturated carbocycles. The SMILES string of the molecule is Cc1ccc(C(=C(CCC2CCCC2)C2CCCC2)c2ccccc2)cc1. The third-order valence-corrected chi connectivity index (χ3v) is 6.87. The highest BCUT2D eigenvalue weighted by Crippen LogP contribution is 2.42. The molecule has 0 atom stereocenters. The summed E-state index contributed by atoms with van der Waals surface area (Å²) in [6.07, 6.45) is 14.1. The fraction of sp³-hybridized carbons (Fsp3) is 0.481. The van der Waals surface area contributed by atoms with Crippen LogP contribution in [0.3, 0.4) is 0 Å². The molecule has 0 bridgehead atoms. The number of hydrogen-bond acceptors (Lipinski definition) is 0. The Morgan fingerprint density at radius 1 is 0.741 bits per heavy atom. The summed E-state index contributed by atoms with van der Waals surface area (Å²) in [4.78, 5) is 0. The minimum Gasteiger partial charge on any atom is -0.0622 e. The number of allylic oxidation sites excluding steroid dienone is 1. The van der Waals surface area contributed by atoms with Crippen molar-refractivity contribution in [2.75, 3.05) is 0 Å². The maximum Gasteiger partial charge on any atom is -0.0117 e. The van der Waals surface area contributed by atoms with Gasteiger partial charge in [-0.1, -0.05) is 104 Å². The zero-order valence-corrected chi connectivity index (χ0v) is 16.9. The van der Waals surface area contributed by atoms with Gasteiger partial charge < -0.3 is 0 Å². The first kappa shape index (κ1) is 18.5. The molecule has 0 aromatic heterocycles. The van der Waals surface area contributed by atoms with Crippen molar-refractivity contribution in [2.45, 2.75) is 71.1 Å². The molecule has 2 aliphatic carbocycles. The van der Waals surface area contributed by atoms with E-state index in [-0.39, 0.29) is 0 Å². The highest BCUT2D eigenvalue weighted by atomic mass is 14.3. The minimum atomic E-state index is 0.794. The highest BCUT2D eigenvalue weighted by molar-refractivity contribution is 5.82. The molecule has 142 valence electrons. The predicted molar refractivity (Wildman–Crippen MR) is 117 cm³/mol. The Bertz CT molecular complexity index is 738. The molecule has 2 aromatic rings. The Labute approximate surface area is 165 Å². The van der Waals surface area contributed by atoms with Crippen LogP contribution in [0.4, 0.5) is 0 Å². The number of benzene rings is 2. The van der Waals surface area contributed by atoms with Gasteiger partial charge in [-0.3, -0.25) is 0 Å². The van der Waals surface area contributed by atoms with Crippen LogP contribution in [-0.4, -0.2) is 0 Å². The van der Waals surface area contributed by atoms with Gasteiger partial charge in [0.25, 0.3) is 0 Å². The van der Waals surface area contributed by atoms with Crippen molar-refractivity contribution in [1.29, 1.82) is 0 Å². The van der Waals surface area contributed by atoms with Crippen LogP contribution in [0, 0.1) is 18.8 Å². The molecule has 4 rings (SSSR count). The number of hydrogen-bond donors (Lipinski definition) is 0. The van der Waals surface area contributed by atoms with Gasteiger partial charge >= 0.3 is 0 Å². The van der Waals surface area contributed by atoms with E-state index in [9.17, 15) is 0 Å². The van der Waals surface area contributed by atoms with Crippen molar-refractivity contribution in [2.24, 2.45) is 11.8 Å². The third-order valence-electron chi connectivity index (χ3n) is 6.87. The Hall–Kier alpha value is -1.82. The lowest BCUT2D eigenvalue weighted by molar-refractivity contribution is 0.482. The maximum absolute atomic E-state index is 2.35. The summed E-state index contributed by atoms with van der Waals surface area (Å²) in [6, 6.07) is 20.4. The molecule has 0 amide bonds. The summed E-state index contributed by atoms with van der Waals surface area (Å²) < 4.78 is 0. The number of rotatable bonds is 6. The van der Waals surface area contributed by atoms with Gasteiger partial charge in [0.2, 0.25) is 0 Å². The van der Waals surface area contributed by atoms with Gasteiger partial charge in [-0.25, -0.2) is 0 Å². The van der Waals surface area contributed by atoms with Gasteiger partial charge in [-0.2, -0.15) is 0 Å². The van der Waals surface area contributed by atoms with Crippen molar-refractivity contribution < 1.29 is 0 Å². The van der Waals surface area contributed by atoms with Crippen LogP contribution in [0.2, 0.25) is 0 Å². The van der Waals surface area contributed by atoms with Crippen LogP contribution >= 0.6 is 0 Å². The van der Waals surface area contributed by atoms with Crippen LogP contribution in [0.15, 0.2) is 60.2 Å². The molecule has 27 heavy (non-hydrogen) atoms. The van der Waals surface area contributed by atoms with Gasteiger partial charge in [0.15, 0.2) is 0 Å². The first-order chi connectivity index (χ1) is 13.3. The Morgan fingerprint density at radius 2 is 1.33 bits per heavy atom. The van der Waals surface area contributed by atoms with E-state index in [1.54, 1.807) is 11.1 Å². The predicted octanol–water partition coefficient (Wildman–Crippen LogP) is 7.96. The molecule has 0 heteroatoms. The van der Waals surface area contributed by atoms with E-state index in [0.29, 0.717) is 0 Å². The average molecular weight is 359 g/mol. The van der Waals surface area contributed by atoms with Crippen molar-refractivity contribution in [3.8, 4) is 0 Å². The normalized spacial score (nSPS) is 19.4. The molecule has 0 radical (unpaired) electrons.